The maximum atomic E-state index is 12.7. The first-order valence-corrected chi connectivity index (χ1v) is 10.7. The van der Waals surface area contributed by atoms with E-state index in [0.717, 1.165) is 5.56 Å². The zero-order chi connectivity index (χ0) is 22.1. The second-order valence-corrected chi connectivity index (χ2v) is 7.56. The van der Waals surface area contributed by atoms with Crippen molar-refractivity contribution in [1.29, 1.82) is 0 Å². The molecule has 31 heavy (non-hydrogen) atoms. The number of anilines is 1. The fraction of sp³-hybridized carbons (Fsp3) is 0.217. The maximum Gasteiger partial charge on any atom is 0.387 e. The van der Waals surface area contributed by atoms with E-state index in [1.54, 1.807) is 17.5 Å². The second-order valence-electron chi connectivity index (χ2n) is 6.78. The van der Waals surface area contributed by atoms with Crippen LogP contribution in [0, 0.1) is 0 Å². The van der Waals surface area contributed by atoms with Gasteiger partial charge >= 0.3 is 6.61 Å². The van der Waals surface area contributed by atoms with Crippen LogP contribution >= 0.6 is 11.3 Å². The molecule has 0 aliphatic rings. The molecule has 2 amide bonds. The van der Waals surface area contributed by atoms with Crippen molar-refractivity contribution in [2.75, 3.05) is 11.9 Å². The van der Waals surface area contributed by atoms with Crippen LogP contribution < -0.4 is 15.4 Å². The molecule has 0 aliphatic heterocycles. The van der Waals surface area contributed by atoms with Crippen LogP contribution in [0.2, 0.25) is 0 Å². The number of benzene rings is 2. The minimum atomic E-state index is -2.93. The van der Waals surface area contributed by atoms with Gasteiger partial charge in [-0.2, -0.15) is 20.1 Å². The highest BCUT2D eigenvalue weighted by atomic mass is 32.1. The number of halogens is 2. The van der Waals surface area contributed by atoms with E-state index < -0.39 is 6.61 Å². The Morgan fingerprint density at radius 2 is 1.87 bits per heavy atom. The highest BCUT2D eigenvalue weighted by molar-refractivity contribution is 7.08. The number of carbonyl (C=O) groups excluding carboxylic acids is 2. The Labute approximate surface area is 183 Å². The summed E-state index contributed by atoms with van der Waals surface area (Å²) < 4.78 is 30.1. The second kappa shape index (κ2) is 11.2. The van der Waals surface area contributed by atoms with Gasteiger partial charge < -0.3 is 15.4 Å². The van der Waals surface area contributed by atoms with E-state index in [-0.39, 0.29) is 24.0 Å². The largest absolute Gasteiger partial charge is 0.435 e. The van der Waals surface area contributed by atoms with Gasteiger partial charge in [-0.3, -0.25) is 9.59 Å². The maximum absolute atomic E-state index is 12.7. The first-order valence-electron chi connectivity index (χ1n) is 9.73. The predicted molar refractivity (Wildman–Crippen MR) is 117 cm³/mol. The number of ether oxygens (including phenoxy) is 1. The number of hydrogen-bond donors (Lipinski definition) is 2. The fourth-order valence-corrected chi connectivity index (χ4v) is 3.63. The van der Waals surface area contributed by atoms with Crippen LogP contribution in [0.4, 0.5) is 14.5 Å². The molecule has 0 radical (unpaired) electrons. The van der Waals surface area contributed by atoms with Crippen molar-refractivity contribution >= 4 is 28.8 Å². The zero-order valence-corrected chi connectivity index (χ0v) is 17.5. The molecule has 2 aromatic carbocycles. The quantitative estimate of drug-likeness (QED) is 0.428. The van der Waals surface area contributed by atoms with E-state index in [1.165, 1.54) is 23.5 Å². The average Bonchev–Trinajstić information content (AvgIpc) is 3.28. The number of rotatable bonds is 10. The molecule has 0 spiro atoms. The van der Waals surface area contributed by atoms with Crippen molar-refractivity contribution in [3.05, 3.63) is 82.0 Å². The number of nitrogens with one attached hydrogen (secondary N) is 2. The van der Waals surface area contributed by atoms with Gasteiger partial charge in [-0.15, -0.1) is 0 Å². The van der Waals surface area contributed by atoms with Crippen LogP contribution in [-0.2, 0) is 11.2 Å². The predicted octanol–water partition coefficient (Wildman–Crippen LogP) is 5.09. The van der Waals surface area contributed by atoms with E-state index in [2.05, 4.69) is 15.4 Å². The first kappa shape index (κ1) is 22.4. The van der Waals surface area contributed by atoms with Crippen molar-refractivity contribution in [1.82, 2.24) is 5.32 Å². The lowest BCUT2D eigenvalue weighted by Crippen LogP contribution is -2.25. The molecule has 0 saturated heterocycles. The number of alkyl halides is 2. The Hall–Kier alpha value is -3.26. The summed E-state index contributed by atoms with van der Waals surface area (Å²) in [7, 11) is 0. The summed E-state index contributed by atoms with van der Waals surface area (Å²) in [5, 5.41) is 9.12. The fourth-order valence-electron chi connectivity index (χ4n) is 2.99. The Balaban J connectivity index is 1.55. The lowest BCUT2D eigenvalue weighted by Gasteiger charge is -2.13. The normalized spacial score (nSPS) is 10.7. The number of amides is 2. The molecule has 162 valence electrons. The summed E-state index contributed by atoms with van der Waals surface area (Å²) in [5.41, 5.74) is 2.59. The summed E-state index contributed by atoms with van der Waals surface area (Å²) >= 11 is 1.44. The smallest absolute Gasteiger partial charge is 0.387 e. The van der Waals surface area contributed by atoms with Crippen LogP contribution in [0.1, 0.15) is 34.3 Å². The van der Waals surface area contributed by atoms with Gasteiger partial charge in [0.25, 0.3) is 5.91 Å². The van der Waals surface area contributed by atoms with E-state index in [9.17, 15) is 18.4 Å². The minimum Gasteiger partial charge on any atom is -0.435 e. The molecule has 0 fully saturated rings. The van der Waals surface area contributed by atoms with Gasteiger partial charge in [-0.1, -0.05) is 30.3 Å². The molecule has 3 aromatic rings. The SMILES string of the molecule is O=C(CCCNC(=O)c1ccsc1)Nc1ccc(OC(F)F)c(Cc2ccccc2)c1. The van der Waals surface area contributed by atoms with Crippen molar-refractivity contribution in [2.45, 2.75) is 25.9 Å². The van der Waals surface area contributed by atoms with Gasteiger partial charge in [0, 0.05) is 41.6 Å². The van der Waals surface area contributed by atoms with Gasteiger partial charge in [0.1, 0.15) is 5.75 Å². The zero-order valence-electron chi connectivity index (χ0n) is 16.6. The van der Waals surface area contributed by atoms with Gasteiger partial charge in [0.15, 0.2) is 0 Å². The molecule has 8 heteroatoms. The van der Waals surface area contributed by atoms with Crippen molar-refractivity contribution < 1.29 is 23.1 Å². The van der Waals surface area contributed by atoms with Gasteiger partial charge in [-0.25, -0.2) is 0 Å². The monoisotopic (exact) mass is 444 g/mol. The summed E-state index contributed by atoms with van der Waals surface area (Å²) in [4.78, 5) is 24.1. The Bertz CT molecular complexity index is 995. The Morgan fingerprint density at radius 3 is 2.58 bits per heavy atom. The number of carbonyl (C=O) groups is 2. The molecule has 2 N–H and O–H groups in total. The molecule has 5 nitrogen and oxygen atoms in total. The highest BCUT2D eigenvalue weighted by Crippen LogP contribution is 2.27. The van der Waals surface area contributed by atoms with E-state index in [1.807, 2.05) is 35.7 Å². The molecule has 0 unspecified atom stereocenters. The lowest BCUT2D eigenvalue weighted by atomic mass is 10.0. The van der Waals surface area contributed by atoms with E-state index in [4.69, 9.17) is 0 Å². The molecule has 1 heterocycles. The standard InChI is InChI=1S/C23H22F2N2O3S/c24-23(25)30-20-9-8-19(14-18(20)13-16-5-2-1-3-6-16)27-21(28)7-4-11-26-22(29)17-10-12-31-15-17/h1-3,5-6,8-10,12,14-15,23H,4,7,11,13H2,(H,26,29)(H,27,28). The van der Waals surface area contributed by atoms with Crippen LogP contribution in [0.25, 0.3) is 0 Å². The van der Waals surface area contributed by atoms with Gasteiger partial charge in [0.2, 0.25) is 5.91 Å². The molecule has 1 aromatic heterocycles. The third-order valence-electron chi connectivity index (χ3n) is 4.45. The number of hydrogen-bond acceptors (Lipinski definition) is 4. The number of thiophene rings is 1. The van der Waals surface area contributed by atoms with Gasteiger partial charge in [-0.05, 0) is 41.6 Å². The molecular weight excluding hydrogens is 422 g/mol. The molecule has 3 rings (SSSR count). The van der Waals surface area contributed by atoms with Gasteiger partial charge in [0.05, 0.1) is 0 Å². The third-order valence-corrected chi connectivity index (χ3v) is 5.13. The molecule has 0 bridgehead atoms. The summed E-state index contributed by atoms with van der Waals surface area (Å²) in [5.74, 6) is -0.312. The lowest BCUT2D eigenvalue weighted by molar-refractivity contribution is -0.116. The Morgan fingerprint density at radius 1 is 1.06 bits per heavy atom. The van der Waals surface area contributed by atoms with Crippen LogP contribution in [-0.4, -0.2) is 25.0 Å². The Kier molecular flexibility index (Phi) is 8.12. The van der Waals surface area contributed by atoms with Crippen molar-refractivity contribution in [2.24, 2.45) is 0 Å². The van der Waals surface area contributed by atoms with Crippen molar-refractivity contribution in [3.8, 4) is 5.75 Å². The van der Waals surface area contributed by atoms with Crippen LogP contribution in [0.15, 0.2) is 65.4 Å². The summed E-state index contributed by atoms with van der Waals surface area (Å²) in [6.45, 7) is -2.55. The average molecular weight is 445 g/mol. The van der Waals surface area contributed by atoms with E-state index in [0.29, 0.717) is 36.2 Å². The molecular formula is C23H22F2N2O3S. The topological polar surface area (TPSA) is 67.4 Å². The highest BCUT2D eigenvalue weighted by Gasteiger charge is 2.13. The first-order chi connectivity index (χ1) is 15.0. The molecule has 0 saturated carbocycles. The third kappa shape index (κ3) is 7.18. The minimum absolute atomic E-state index is 0.0768. The van der Waals surface area contributed by atoms with Crippen molar-refractivity contribution in [3.63, 3.8) is 0 Å². The molecule has 0 atom stereocenters. The molecule has 0 aliphatic carbocycles. The summed E-state index contributed by atoms with van der Waals surface area (Å²) in [6, 6.07) is 15.7. The van der Waals surface area contributed by atoms with Crippen LogP contribution in [0.3, 0.4) is 0 Å². The van der Waals surface area contributed by atoms with E-state index >= 15 is 0 Å². The summed E-state index contributed by atoms with van der Waals surface area (Å²) in [6.07, 6.45) is 1.08. The van der Waals surface area contributed by atoms with Crippen LogP contribution in [0.5, 0.6) is 5.75 Å².